The highest BCUT2D eigenvalue weighted by atomic mass is 35.5. The smallest absolute Gasteiger partial charge is 0.339 e. The average Bonchev–Trinajstić information content (AvgIpc) is 2.17. The third-order valence-electron chi connectivity index (χ3n) is 1.65. The van der Waals surface area contributed by atoms with E-state index in [4.69, 9.17) is 11.6 Å². The molecule has 0 bridgehead atoms. The number of halogens is 1. The van der Waals surface area contributed by atoms with Gasteiger partial charge in [-0.25, -0.2) is 4.79 Å². The number of carbonyl (C=O) groups excluding carboxylic acids is 1. The van der Waals surface area contributed by atoms with Crippen molar-refractivity contribution in [1.29, 1.82) is 0 Å². The molecule has 0 aliphatic rings. The Morgan fingerprint density at radius 2 is 2.31 bits per heavy atom. The van der Waals surface area contributed by atoms with E-state index < -0.39 is 5.97 Å². The van der Waals surface area contributed by atoms with E-state index in [1.54, 1.807) is 24.3 Å². The average molecular weight is 197 g/mol. The second kappa shape index (κ2) is 4.10. The molecule has 0 aromatic heterocycles. The molecule has 0 saturated heterocycles. The van der Waals surface area contributed by atoms with Crippen LogP contribution in [0.2, 0.25) is 5.02 Å². The van der Waals surface area contributed by atoms with Crippen LogP contribution >= 0.6 is 11.6 Å². The van der Waals surface area contributed by atoms with E-state index in [0.717, 1.165) is 5.56 Å². The van der Waals surface area contributed by atoms with Crippen molar-refractivity contribution in [3.05, 3.63) is 40.9 Å². The van der Waals surface area contributed by atoms with Crippen molar-refractivity contribution in [3.63, 3.8) is 0 Å². The minimum atomic E-state index is -0.436. The quantitative estimate of drug-likeness (QED) is 0.680. The predicted octanol–water partition coefficient (Wildman–Crippen LogP) is 2.77. The summed E-state index contributed by atoms with van der Waals surface area (Å²) in [7, 11) is 1.32. The number of rotatable bonds is 2. The van der Waals surface area contributed by atoms with Gasteiger partial charge >= 0.3 is 5.97 Å². The zero-order chi connectivity index (χ0) is 9.84. The maximum Gasteiger partial charge on any atom is 0.339 e. The summed E-state index contributed by atoms with van der Waals surface area (Å²) in [5.41, 5.74) is 1.09. The van der Waals surface area contributed by atoms with E-state index in [1.165, 1.54) is 7.11 Å². The van der Waals surface area contributed by atoms with E-state index in [-0.39, 0.29) is 0 Å². The molecule has 0 unspecified atom stereocenters. The van der Waals surface area contributed by atoms with Gasteiger partial charge in [-0.1, -0.05) is 36.4 Å². The summed E-state index contributed by atoms with van der Waals surface area (Å²) in [5, 5.41) is 0.379. The van der Waals surface area contributed by atoms with Crippen LogP contribution in [0.15, 0.2) is 24.8 Å². The fraction of sp³-hybridized carbons (Fsp3) is 0.100. The van der Waals surface area contributed by atoms with Crippen LogP contribution in [-0.4, -0.2) is 13.1 Å². The Hall–Kier alpha value is -1.28. The van der Waals surface area contributed by atoms with Crippen molar-refractivity contribution in [2.24, 2.45) is 0 Å². The number of benzene rings is 1. The minimum absolute atomic E-state index is 0.363. The Bertz CT molecular complexity index is 345. The summed E-state index contributed by atoms with van der Waals surface area (Å²) < 4.78 is 4.56. The Morgan fingerprint density at radius 3 is 2.85 bits per heavy atom. The molecule has 0 aliphatic carbocycles. The van der Waals surface area contributed by atoms with Gasteiger partial charge in [-0.3, -0.25) is 0 Å². The number of ether oxygens (including phenoxy) is 1. The Kier molecular flexibility index (Phi) is 3.09. The minimum Gasteiger partial charge on any atom is -0.465 e. The normalized spacial score (nSPS) is 9.38. The highest BCUT2D eigenvalue weighted by Gasteiger charge is 2.11. The second-order valence-corrected chi connectivity index (χ2v) is 2.78. The van der Waals surface area contributed by atoms with Gasteiger partial charge in [0.25, 0.3) is 0 Å². The van der Waals surface area contributed by atoms with Crippen LogP contribution in [0.1, 0.15) is 15.9 Å². The van der Waals surface area contributed by atoms with Crippen LogP contribution in [-0.2, 0) is 4.74 Å². The zero-order valence-corrected chi connectivity index (χ0v) is 7.97. The highest BCUT2D eigenvalue weighted by Crippen LogP contribution is 2.22. The summed E-state index contributed by atoms with van der Waals surface area (Å²) >= 11 is 5.91. The molecule has 0 N–H and O–H groups in total. The van der Waals surface area contributed by atoms with E-state index >= 15 is 0 Å². The van der Waals surface area contributed by atoms with Crippen LogP contribution in [0.25, 0.3) is 6.08 Å². The maximum absolute atomic E-state index is 11.2. The first-order valence-electron chi connectivity index (χ1n) is 3.70. The fourth-order valence-electron chi connectivity index (χ4n) is 0.975. The second-order valence-electron chi connectivity index (χ2n) is 2.40. The molecule has 0 fully saturated rings. The van der Waals surface area contributed by atoms with E-state index in [1.807, 2.05) is 0 Å². The van der Waals surface area contributed by atoms with Crippen LogP contribution < -0.4 is 0 Å². The first-order valence-corrected chi connectivity index (χ1v) is 4.07. The number of methoxy groups -OCH3 is 1. The van der Waals surface area contributed by atoms with Gasteiger partial charge in [0, 0.05) is 0 Å². The number of hydrogen-bond acceptors (Lipinski definition) is 2. The first-order chi connectivity index (χ1) is 6.20. The Balaban J connectivity index is 3.23. The lowest BCUT2D eigenvalue weighted by Gasteiger charge is -2.03. The van der Waals surface area contributed by atoms with Crippen molar-refractivity contribution < 1.29 is 9.53 Å². The Labute approximate surface area is 81.8 Å². The topological polar surface area (TPSA) is 26.3 Å². The van der Waals surface area contributed by atoms with Gasteiger partial charge in [0.2, 0.25) is 0 Å². The van der Waals surface area contributed by atoms with E-state index in [0.29, 0.717) is 10.6 Å². The largest absolute Gasteiger partial charge is 0.465 e. The molecule has 0 atom stereocenters. The van der Waals surface area contributed by atoms with Crippen LogP contribution in [0, 0.1) is 0 Å². The molecule has 0 aliphatic heterocycles. The fourth-order valence-corrected chi connectivity index (χ4v) is 1.26. The Morgan fingerprint density at radius 1 is 1.62 bits per heavy atom. The molecule has 3 heteroatoms. The predicted molar refractivity (Wildman–Crippen MR) is 52.9 cm³/mol. The summed E-state index contributed by atoms with van der Waals surface area (Å²) in [6, 6.07) is 5.12. The SMILES string of the molecule is C=Cc1cccc(C(=O)OC)c1Cl. The molecular weight excluding hydrogens is 188 g/mol. The van der Waals surface area contributed by atoms with Gasteiger partial charge in [0.15, 0.2) is 0 Å². The molecule has 0 amide bonds. The molecule has 13 heavy (non-hydrogen) atoms. The van der Waals surface area contributed by atoms with Crippen LogP contribution in [0.3, 0.4) is 0 Å². The number of esters is 1. The lowest BCUT2D eigenvalue weighted by Crippen LogP contribution is -2.02. The van der Waals surface area contributed by atoms with E-state index in [2.05, 4.69) is 11.3 Å². The summed E-state index contributed by atoms with van der Waals surface area (Å²) in [6.45, 7) is 3.58. The molecular formula is C10H9ClO2. The van der Waals surface area contributed by atoms with Crippen LogP contribution in [0.4, 0.5) is 0 Å². The van der Waals surface area contributed by atoms with Gasteiger partial charge in [-0.2, -0.15) is 0 Å². The van der Waals surface area contributed by atoms with Gasteiger partial charge in [0.1, 0.15) is 0 Å². The summed E-state index contributed by atoms with van der Waals surface area (Å²) in [4.78, 5) is 11.2. The molecule has 0 spiro atoms. The van der Waals surface area contributed by atoms with Gasteiger partial charge in [-0.05, 0) is 11.6 Å². The molecule has 1 rings (SSSR count). The van der Waals surface area contributed by atoms with Crippen molar-refractivity contribution in [3.8, 4) is 0 Å². The molecule has 1 aromatic carbocycles. The molecule has 2 nitrogen and oxygen atoms in total. The zero-order valence-electron chi connectivity index (χ0n) is 7.21. The number of hydrogen-bond donors (Lipinski definition) is 0. The molecule has 68 valence electrons. The van der Waals surface area contributed by atoms with Gasteiger partial charge in [-0.15, -0.1) is 0 Å². The highest BCUT2D eigenvalue weighted by molar-refractivity contribution is 6.35. The molecule has 1 aromatic rings. The first kappa shape index (κ1) is 9.81. The lowest BCUT2D eigenvalue weighted by molar-refractivity contribution is 0.0601. The third-order valence-corrected chi connectivity index (χ3v) is 2.08. The summed E-state index contributed by atoms with van der Waals surface area (Å²) in [5.74, 6) is -0.436. The van der Waals surface area contributed by atoms with Crippen molar-refractivity contribution in [2.75, 3.05) is 7.11 Å². The lowest BCUT2D eigenvalue weighted by atomic mass is 10.1. The van der Waals surface area contributed by atoms with E-state index in [9.17, 15) is 4.79 Å². The number of carbonyl (C=O) groups is 1. The molecule has 0 heterocycles. The van der Waals surface area contributed by atoms with Gasteiger partial charge in [0.05, 0.1) is 17.7 Å². The maximum atomic E-state index is 11.2. The molecule has 0 radical (unpaired) electrons. The van der Waals surface area contributed by atoms with Gasteiger partial charge < -0.3 is 4.74 Å². The standard InChI is InChI=1S/C10H9ClO2/c1-3-7-5-4-6-8(9(7)11)10(12)13-2/h3-6H,1H2,2H3. The van der Waals surface area contributed by atoms with Crippen LogP contribution in [0.5, 0.6) is 0 Å². The third kappa shape index (κ3) is 1.90. The van der Waals surface area contributed by atoms with Crippen molar-refractivity contribution >= 4 is 23.6 Å². The van der Waals surface area contributed by atoms with Crippen molar-refractivity contribution in [2.45, 2.75) is 0 Å². The molecule has 0 saturated carbocycles. The summed E-state index contributed by atoms with van der Waals surface area (Å²) in [6.07, 6.45) is 1.59. The van der Waals surface area contributed by atoms with Crippen molar-refractivity contribution in [1.82, 2.24) is 0 Å². The monoisotopic (exact) mass is 196 g/mol.